The maximum Gasteiger partial charge on any atom is 0.220 e. The van der Waals surface area contributed by atoms with Gasteiger partial charge in [-0.3, -0.25) is 9.69 Å². The number of hydrogen-bond acceptors (Lipinski definition) is 3. The lowest BCUT2D eigenvalue weighted by Crippen LogP contribution is -2.41. The molecule has 20 heavy (non-hydrogen) atoms. The van der Waals surface area contributed by atoms with Gasteiger partial charge in [-0.2, -0.15) is 0 Å². The molecule has 118 valence electrons. The lowest BCUT2D eigenvalue weighted by atomic mass is 9.88. The Kier molecular flexibility index (Phi) is 7.52. The zero-order chi connectivity index (χ0) is 15.1. The lowest BCUT2D eigenvalue weighted by molar-refractivity contribution is -0.121. The number of nitrogens with one attached hydrogen (secondary N) is 1. The predicted molar refractivity (Wildman–Crippen MR) is 84.5 cm³/mol. The van der Waals surface area contributed by atoms with Crippen LogP contribution in [0.5, 0.6) is 0 Å². The number of nitrogens with two attached hydrogens (primary N) is 1. The molecule has 2 atom stereocenters. The molecule has 1 saturated carbocycles. The van der Waals surface area contributed by atoms with Crippen molar-refractivity contribution >= 4 is 5.91 Å². The maximum atomic E-state index is 11.9. The van der Waals surface area contributed by atoms with Crippen molar-refractivity contribution in [1.82, 2.24) is 10.2 Å². The van der Waals surface area contributed by atoms with Gasteiger partial charge in [0.05, 0.1) is 0 Å². The van der Waals surface area contributed by atoms with Gasteiger partial charge in [0.1, 0.15) is 0 Å². The Labute approximate surface area is 124 Å². The van der Waals surface area contributed by atoms with E-state index in [1.54, 1.807) is 0 Å². The van der Waals surface area contributed by atoms with Crippen LogP contribution in [-0.2, 0) is 4.79 Å². The van der Waals surface area contributed by atoms with E-state index in [0.717, 1.165) is 25.4 Å². The Morgan fingerprint density at radius 3 is 2.45 bits per heavy atom. The Balaban J connectivity index is 2.18. The van der Waals surface area contributed by atoms with Gasteiger partial charge in [-0.1, -0.05) is 13.8 Å². The third-order valence-electron chi connectivity index (χ3n) is 4.64. The van der Waals surface area contributed by atoms with Crippen molar-refractivity contribution in [2.45, 2.75) is 65.0 Å². The number of likely N-dealkylation sites (N-methyl/N-ethyl adjacent to an activating group) is 1. The molecule has 0 radical (unpaired) electrons. The SMILES string of the molecule is CC(C)C(CCN)CCC(=O)NCC(C)N(C)C1CC1. The molecule has 2 unspecified atom stereocenters. The second-order valence-electron chi connectivity index (χ2n) is 6.67. The smallest absolute Gasteiger partial charge is 0.220 e. The Morgan fingerprint density at radius 1 is 1.30 bits per heavy atom. The van der Waals surface area contributed by atoms with Crippen LogP contribution in [0.3, 0.4) is 0 Å². The van der Waals surface area contributed by atoms with Gasteiger partial charge in [-0.25, -0.2) is 0 Å². The summed E-state index contributed by atoms with van der Waals surface area (Å²) in [4.78, 5) is 14.3. The molecule has 0 aromatic rings. The number of carbonyl (C=O) groups excluding carboxylic acids is 1. The topological polar surface area (TPSA) is 58.4 Å². The second-order valence-corrected chi connectivity index (χ2v) is 6.67. The molecule has 1 aliphatic carbocycles. The van der Waals surface area contributed by atoms with E-state index < -0.39 is 0 Å². The summed E-state index contributed by atoms with van der Waals surface area (Å²) >= 11 is 0. The second kappa shape index (κ2) is 8.63. The van der Waals surface area contributed by atoms with Crippen molar-refractivity contribution in [3.05, 3.63) is 0 Å². The van der Waals surface area contributed by atoms with Crippen LogP contribution in [0.25, 0.3) is 0 Å². The van der Waals surface area contributed by atoms with Crippen molar-refractivity contribution in [3.63, 3.8) is 0 Å². The molecule has 1 fully saturated rings. The third kappa shape index (κ3) is 6.23. The molecule has 0 saturated heterocycles. The zero-order valence-electron chi connectivity index (χ0n) is 13.7. The van der Waals surface area contributed by atoms with Crippen LogP contribution in [-0.4, -0.2) is 43.0 Å². The molecular weight excluding hydrogens is 250 g/mol. The van der Waals surface area contributed by atoms with Crippen LogP contribution in [0.4, 0.5) is 0 Å². The van der Waals surface area contributed by atoms with Gasteiger partial charge in [0.25, 0.3) is 0 Å². The number of carbonyl (C=O) groups is 1. The first kappa shape index (κ1) is 17.4. The quantitative estimate of drug-likeness (QED) is 0.644. The number of amides is 1. The van der Waals surface area contributed by atoms with E-state index in [1.807, 2.05) is 0 Å². The molecular formula is C16H33N3O. The average Bonchev–Trinajstić information content (AvgIpc) is 3.23. The highest BCUT2D eigenvalue weighted by Crippen LogP contribution is 2.26. The van der Waals surface area contributed by atoms with Crippen LogP contribution >= 0.6 is 0 Å². The number of hydrogen-bond donors (Lipinski definition) is 2. The van der Waals surface area contributed by atoms with E-state index in [1.165, 1.54) is 12.8 Å². The molecule has 4 heteroatoms. The van der Waals surface area contributed by atoms with Crippen LogP contribution in [0.15, 0.2) is 0 Å². The number of rotatable bonds is 10. The fourth-order valence-corrected chi connectivity index (χ4v) is 2.68. The highest BCUT2D eigenvalue weighted by Gasteiger charge is 2.29. The van der Waals surface area contributed by atoms with Gasteiger partial charge in [-0.05, 0) is 58.0 Å². The highest BCUT2D eigenvalue weighted by atomic mass is 16.1. The van der Waals surface area contributed by atoms with Crippen LogP contribution < -0.4 is 11.1 Å². The largest absolute Gasteiger partial charge is 0.355 e. The van der Waals surface area contributed by atoms with Gasteiger partial charge in [0, 0.05) is 25.0 Å². The Bertz CT molecular complexity index is 289. The predicted octanol–water partition coefficient (Wildman–Crippen LogP) is 1.99. The van der Waals surface area contributed by atoms with E-state index in [9.17, 15) is 4.79 Å². The molecule has 3 N–H and O–H groups in total. The van der Waals surface area contributed by atoms with Crippen molar-refractivity contribution in [2.75, 3.05) is 20.1 Å². The average molecular weight is 283 g/mol. The summed E-state index contributed by atoms with van der Waals surface area (Å²) in [7, 11) is 2.16. The molecule has 0 aromatic heterocycles. The van der Waals surface area contributed by atoms with E-state index in [-0.39, 0.29) is 5.91 Å². The molecule has 0 aliphatic heterocycles. The summed E-state index contributed by atoms with van der Waals surface area (Å²) in [6.07, 6.45) is 5.22. The minimum Gasteiger partial charge on any atom is -0.355 e. The summed E-state index contributed by atoms with van der Waals surface area (Å²) in [5.74, 6) is 1.35. The standard InChI is InChI=1S/C16H33N3O/c1-12(2)14(9-10-17)5-8-16(20)18-11-13(3)19(4)15-6-7-15/h12-15H,5-11,17H2,1-4H3,(H,18,20). The van der Waals surface area contributed by atoms with Crippen LogP contribution in [0, 0.1) is 11.8 Å². The van der Waals surface area contributed by atoms with E-state index in [0.29, 0.717) is 30.8 Å². The van der Waals surface area contributed by atoms with Crippen LogP contribution in [0.1, 0.15) is 52.9 Å². The van der Waals surface area contributed by atoms with E-state index >= 15 is 0 Å². The van der Waals surface area contributed by atoms with Gasteiger partial charge < -0.3 is 11.1 Å². The Hall–Kier alpha value is -0.610. The number of nitrogens with zero attached hydrogens (tertiary/aromatic N) is 1. The first-order valence-corrected chi connectivity index (χ1v) is 8.14. The van der Waals surface area contributed by atoms with E-state index in [4.69, 9.17) is 5.73 Å². The lowest BCUT2D eigenvalue weighted by Gasteiger charge is -2.25. The van der Waals surface area contributed by atoms with Crippen molar-refractivity contribution in [1.29, 1.82) is 0 Å². The fourth-order valence-electron chi connectivity index (χ4n) is 2.68. The molecule has 1 rings (SSSR count). The van der Waals surface area contributed by atoms with Crippen molar-refractivity contribution < 1.29 is 4.79 Å². The minimum atomic E-state index is 0.184. The molecule has 1 amide bonds. The first-order chi connectivity index (χ1) is 9.45. The molecule has 0 heterocycles. The van der Waals surface area contributed by atoms with Crippen molar-refractivity contribution in [2.24, 2.45) is 17.6 Å². The van der Waals surface area contributed by atoms with Crippen molar-refractivity contribution in [3.8, 4) is 0 Å². The van der Waals surface area contributed by atoms with Crippen LogP contribution in [0.2, 0.25) is 0 Å². The summed E-state index contributed by atoms with van der Waals surface area (Å²) in [5, 5.41) is 3.07. The van der Waals surface area contributed by atoms with Gasteiger partial charge >= 0.3 is 0 Å². The molecule has 0 spiro atoms. The zero-order valence-corrected chi connectivity index (χ0v) is 13.7. The van der Waals surface area contributed by atoms with Gasteiger partial charge in [-0.15, -0.1) is 0 Å². The fraction of sp³-hybridized carbons (Fsp3) is 0.938. The summed E-state index contributed by atoms with van der Waals surface area (Å²) < 4.78 is 0. The monoisotopic (exact) mass is 283 g/mol. The molecule has 0 bridgehead atoms. The first-order valence-electron chi connectivity index (χ1n) is 8.14. The third-order valence-corrected chi connectivity index (χ3v) is 4.64. The maximum absolute atomic E-state index is 11.9. The summed E-state index contributed by atoms with van der Waals surface area (Å²) in [5.41, 5.74) is 5.63. The Morgan fingerprint density at radius 2 is 1.95 bits per heavy atom. The van der Waals surface area contributed by atoms with Gasteiger partial charge in [0.2, 0.25) is 5.91 Å². The minimum absolute atomic E-state index is 0.184. The normalized spacial score (nSPS) is 18.4. The molecule has 4 nitrogen and oxygen atoms in total. The summed E-state index contributed by atoms with van der Waals surface area (Å²) in [6, 6.07) is 1.17. The molecule has 1 aliphatic rings. The molecule has 0 aromatic carbocycles. The van der Waals surface area contributed by atoms with Gasteiger partial charge in [0.15, 0.2) is 0 Å². The van der Waals surface area contributed by atoms with E-state index in [2.05, 4.69) is 38.0 Å². The summed E-state index contributed by atoms with van der Waals surface area (Å²) in [6.45, 7) is 8.09. The highest BCUT2D eigenvalue weighted by molar-refractivity contribution is 5.75.